The third-order valence-corrected chi connectivity index (χ3v) is 3.76. The number of para-hydroxylation sites is 1. The molecule has 1 unspecified atom stereocenters. The van der Waals surface area contributed by atoms with E-state index in [1.54, 1.807) is 24.3 Å². The van der Waals surface area contributed by atoms with Gasteiger partial charge in [0.1, 0.15) is 11.6 Å². The lowest BCUT2D eigenvalue weighted by molar-refractivity contribution is -0.144. The van der Waals surface area contributed by atoms with Crippen LogP contribution in [-0.2, 0) is 20.8 Å². The zero-order chi connectivity index (χ0) is 16.9. The summed E-state index contributed by atoms with van der Waals surface area (Å²) in [6, 6.07) is 12.0. The lowest BCUT2D eigenvalue weighted by atomic mass is 10.1. The van der Waals surface area contributed by atoms with Gasteiger partial charge in [0.15, 0.2) is 6.10 Å². The first-order valence-corrected chi connectivity index (χ1v) is 7.65. The van der Waals surface area contributed by atoms with E-state index >= 15 is 0 Å². The highest BCUT2D eigenvalue weighted by atomic mass is 19.1. The second kappa shape index (κ2) is 7.51. The Morgan fingerprint density at radius 2 is 1.92 bits per heavy atom. The van der Waals surface area contributed by atoms with Crippen molar-refractivity contribution in [3.63, 3.8) is 0 Å². The quantitative estimate of drug-likeness (QED) is 0.864. The minimum atomic E-state index is -0.754. The fourth-order valence-electron chi connectivity index (χ4n) is 2.54. The monoisotopic (exact) mass is 333 g/mol. The molecular weight excluding hydrogens is 316 g/mol. The van der Waals surface area contributed by atoms with E-state index in [0.29, 0.717) is 18.9 Å². The number of halogens is 2. The molecule has 0 saturated carbocycles. The van der Waals surface area contributed by atoms with Gasteiger partial charge in [-0.1, -0.05) is 18.2 Å². The Hall–Kier alpha value is -2.31. The van der Waals surface area contributed by atoms with Gasteiger partial charge < -0.3 is 14.4 Å². The summed E-state index contributed by atoms with van der Waals surface area (Å²) < 4.78 is 38.2. The molecule has 0 radical (unpaired) electrons. The maximum absolute atomic E-state index is 14.0. The number of hydrogen-bond donors (Lipinski definition) is 0. The van der Waals surface area contributed by atoms with Crippen LogP contribution in [0.5, 0.6) is 0 Å². The molecule has 1 aliphatic rings. The molecule has 0 bridgehead atoms. The summed E-state index contributed by atoms with van der Waals surface area (Å²) in [5.74, 6) is -1.46. The van der Waals surface area contributed by atoms with Crippen LogP contribution in [0, 0.1) is 11.6 Å². The standard InChI is InChI=1S/C18H17F2NO3/c19-14-6-7-16(20)13(10-14)11-21(15-4-2-1-3-5-15)18(22)17-12-23-8-9-24-17/h1-7,10,17H,8-9,11-12H2. The van der Waals surface area contributed by atoms with Crippen LogP contribution >= 0.6 is 0 Å². The van der Waals surface area contributed by atoms with E-state index in [4.69, 9.17) is 9.47 Å². The largest absolute Gasteiger partial charge is 0.376 e. The van der Waals surface area contributed by atoms with E-state index in [2.05, 4.69) is 0 Å². The highest BCUT2D eigenvalue weighted by Crippen LogP contribution is 2.21. The van der Waals surface area contributed by atoms with Crippen molar-refractivity contribution >= 4 is 11.6 Å². The predicted molar refractivity (Wildman–Crippen MR) is 84.5 cm³/mol. The summed E-state index contributed by atoms with van der Waals surface area (Å²) in [4.78, 5) is 14.2. The van der Waals surface area contributed by atoms with Crippen LogP contribution in [0.15, 0.2) is 48.5 Å². The molecule has 3 rings (SSSR count). The molecule has 0 spiro atoms. The molecule has 0 N–H and O–H groups in total. The van der Waals surface area contributed by atoms with Crippen molar-refractivity contribution in [3.8, 4) is 0 Å². The maximum atomic E-state index is 14.0. The highest BCUT2D eigenvalue weighted by molar-refractivity contribution is 5.96. The smallest absolute Gasteiger partial charge is 0.258 e. The molecule has 0 aromatic heterocycles. The Morgan fingerprint density at radius 3 is 2.62 bits per heavy atom. The lowest BCUT2D eigenvalue weighted by Gasteiger charge is -2.29. The van der Waals surface area contributed by atoms with Crippen LogP contribution in [-0.4, -0.2) is 31.8 Å². The van der Waals surface area contributed by atoms with Gasteiger partial charge in [0, 0.05) is 11.3 Å². The number of benzene rings is 2. The molecule has 2 aromatic carbocycles. The van der Waals surface area contributed by atoms with Crippen LogP contribution in [0.1, 0.15) is 5.56 Å². The van der Waals surface area contributed by atoms with Crippen molar-refractivity contribution in [1.29, 1.82) is 0 Å². The number of rotatable bonds is 4. The fraction of sp³-hybridized carbons (Fsp3) is 0.278. The Morgan fingerprint density at radius 1 is 1.12 bits per heavy atom. The average Bonchev–Trinajstić information content (AvgIpc) is 2.63. The summed E-state index contributed by atoms with van der Waals surface area (Å²) in [7, 11) is 0. The molecular formula is C18H17F2NO3. The summed E-state index contributed by atoms with van der Waals surface area (Å²) in [5, 5.41) is 0. The molecule has 126 valence electrons. The number of nitrogens with zero attached hydrogens (tertiary/aromatic N) is 1. The van der Waals surface area contributed by atoms with Gasteiger partial charge in [0.05, 0.1) is 26.4 Å². The van der Waals surface area contributed by atoms with Crippen LogP contribution in [0.2, 0.25) is 0 Å². The highest BCUT2D eigenvalue weighted by Gasteiger charge is 2.29. The van der Waals surface area contributed by atoms with E-state index in [1.165, 1.54) is 4.90 Å². The average molecular weight is 333 g/mol. The molecule has 6 heteroatoms. The molecule has 1 atom stereocenters. The minimum Gasteiger partial charge on any atom is -0.376 e. The predicted octanol–water partition coefficient (Wildman–Crippen LogP) is 2.91. The maximum Gasteiger partial charge on any atom is 0.258 e. The number of ether oxygens (including phenoxy) is 2. The van der Waals surface area contributed by atoms with Gasteiger partial charge in [-0.2, -0.15) is 0 Å². The normalized spacial score (nSPS) is 17.5. The molecule has 0 aliphatic carbocycles. The number of carbonyl (C=O) groups excluding carboxylic acids is 1. The Kier molecular flexibility index (Phi) is 5.17. The summed E-state index contributed by atoms with van der Waals surface area (Å²) in [5.41, 5.74) is 0.685. The van der Waals surface area contributed by atoms with Crippen LogP contribution in [0.4, 0.5) is 14.5 Å². The second-order valence-electron chi connectivity index (χ2n) is 5.43. The Balaban J connectivity index is 1.90. The number of carbonyl (C=O) groups is 1. The minimum absolute atomic E-state index is 0.0910. The van der Waals surface area contributed by atoms with Crippen LogP contribution < -0.4 is 4.90 Å². The molecule has 24 heavy (non-hydrogen) atoms. The van der Waals surface area contributed by atoms with Crippen molar-refractivity contribution in [2.24, 2.45) is 0 Å². The lowest BCUT2D eigenvalue weighted by Crippen LogP contribution is -2.45. The Labute approximate surface area is 138 Å². The van der Waals surface area contributed by atoms with Gasteiger partial charge in [-0.25, -0.2) is 8.78 Å². The topological polar surface area (TPSA) is 38.8 Å². The third kappa shape index (κ3) is 3.77. The second-order valence-corrected chi connectivity index (χ2v) is 5.43. The molecule has 4 nitrogen and oxygen atoms in total. The molecule has 1 aliphatic heterocycles. The van der Waals surface area contributed by atoms with Crippen LogP contribution in [0.25, 0.3) is 0 Å². The van der Waals surface area contributed by atoms with Crippen molar-refractivity contribution in [1.82, 2.24) is 0 Å². The first-order chi connectivity index (χ1) is 11.6. The molecule has 1 fully saturated rings. The first kappa shape index (κ1) is 16.5. The van der Waals surface area contributed by atoms with Gasteiger partial charge in [-0.3, -0.25) is 4.79 Å². The summed E-state index contributed by atoms with van der Waals surface area (Å²) in [6.07, 6.45) is -0.754. The molecule has 1 saturated heterocycles. The summed E-state index contributed by atoms with van der Waals surface area (Å²) in [6.45, 7) is 0.821. The van der Waals surface area contributed by atoms with Gasteiger partial charge in [0.2, 0.25) is 0 Å². The van der Waals surface area contributed by atoms with Crippen molar-refractivity contribution in [2.75, 3.05) is 24.7 Å². The van der Waals surface area contributed by atoms with Crippen LogP contribution in [0.3, 0.4) is 0 Å². The zero-order valence-corrected chi connectivity index (χ0v) is 13.0. The number of amides is 1. The van der Waals surface area contributed by atoms with Crippen molar-refractivity contribution < 1.29 is 23.0 Å². The van der Waals surface area contributed by atoms with E-state index in [1.807, 2.05) is 6.07 Å². The molecule has 2 aromatic rings. The first-order valence-electron chi connectivity index (χ1n) is 7.65. The van der Waals surface area contributed by atoms with Gasteiger partial charge in [0.25, 0.3) is 5.91 Å². The SMILES string of the molecule is O=C(C1COCCO1)N(Cc1cc(F)ccc1F)c1ccccc1. The fourth-order valence-corrected chi connectivity index (χ4v) is 2.54. The van der Waals surface area contributed by atoms with Gasteiger partial charge in [-0.05, 0) is 30.3 Å². The van der Waals surface area contributed by atoms with Crippen molar-refractivity contribution in [2.45, 2.75) is 12.6 Å². The molecule has 1 amide bonds. The van der Waals surface area contributed by atoms with E-state index in [0.717, 1.165) is 18.2 Å². The van der Waals surface area contributed by atoms with Gasteiger partial charge >= 0.3 is 0 Å². The Bertz CT molecular complexity index is 703. The number of hydrogen-bond acceptors (Lipinski definition) is 3. The molecule has 1 heterocycles. The van der Waals surface area contributed by atoms with Gasteiger partial charge in [-0.15, -0.1) is 0 Å². The third-order valence-electron chi connectivity index (χ3n) is 3.76. The summed E-state index contributed by atoms with van der Waals surface area (Å²) >= 11 is 0. The van der Waals surface area contributed by atoms with E-state index < -0.39 is 17.7 Å². The van der Waals surface area contributed by atoms with Crippen molar-refractivity contribution in [3.05, 3.63) is 65.7 Å². The van der Waals surface area contributed by atoms with E-state index in [-0.39, 0.29) is 24.6 Å². The number of anilines is 1. The zero-order valence-electron chi connectivity index (χ0n) is 13.0. The van der Waals surface area contributed by atoms with E-state index in [9.17, 15) is 13.6 Å².